The quantitative estimate of drug-likeness (QED) is 0.549. The summed E-state index contributed by atoms with van der Waals surface area (Å²) >= 11 is 3.49. The van der Waals surface area contributed by atoms with Gasteiger partial charge in [0.2, 0.25) is 5.91 Å². The Morgan fingerprint density at radius 3 is 2.56 bits per heavy atom. The number of anilines is 1. The highest BCUT2D eigenvalue weighted by molar-refractivity contribution is 9.10. The van der Waals surface area contributed by atoms with Gasteiger partial charge in [0.1, 0.15) is 0 Å². The van der Waals surface area contributed by atoms with E-state index in [0.717, 1.165) is 53.2 Å². The molecule has 3 nitrogen and oxygen atoms in total. The van der Waals surface area contributed by atoms with Crippen LogP contribution in [0.1, 0.15) is 37.7 Å². The van der Waals surface area contributed by atoms with E-state index in [0.29, 0.717) is 0 Å². The van der Waals surface area contributed by atoms with Gasteiger partial charge >= 0.3 is 0 Å². The van der Waals surface area contributed by atoms with Gasteiger partial charge in [-0.1, -0.05) is 65.5 Å². The average molecular weight is 423 g/mol. The monoisotopic (exact) mass is 422 g/mol. The Morgan fingerprint density at radius 1 is 1.04 bits per heavy atom. The largest absolute Gasteiger partial charge is 0.324 e. The number of carbonyl (C=O) groups is 1. The molecule has 0 atom stereocenters. The lowest BCUT2D eigenvalue weighted by atomic mass is 9.69. The molecule has 4 heteroatoms. The summed E-state index contributed by atoms with van der Waals surface area (Å²) in [4.78, 5) is 17.8. The second kappa shape index (κ2) is 7.81. The van der Waals surface area contributed by atoms with E-state index < -0.39 is 0 Å². The molecular formula is C23H23BrN2O. The van der Waals surface area contributed by atoms with E-state index in [1.54, 1.807) is 6.20 Å². The minimum absolute atomic E-state index is 0.127. The van der Waals surface area contributed by atoms with Gasteiger partial charge in [0.15, 0.2) is 0 Å². The number of hydrogen-bond acceptors (Lipinski definition) is 2. The number of pyridine rings is 1. The Morgan fingerprint density at radius 2 is 1.78 bits per heavy atom. The molecule has 0 radical (unpaired) electrons. The van der Waals surface area contributed by atoms with E-state index in [2.05, 4.69) is 50.5 Å². The van der Waals surface area contributed by atoms with Gasteiger partial charge in [-0.15, -0.1) is 0 Å². The minimum Gasteiger partial charge on any atom is -0.324 e. The Bertz CT molecular complexity index is 946. The third-order valence-electron chi connectivity index (χ3n) is 5.60. The smallest absolute Gasteiger partial charge is 0.230 e. The van der Waals surface area contributed by atoms with E-state index in [9.17, 15) is 4.79 Å². The Hall–Kier alpha value is -2.20. The number of fused-ring (bicyclic) bond motifs is 1. The van der Waals surface area contributed by atoms with Crippen LogP contribution in [-0.4, -0.2) is 10.9 Å². The minimum atomic E-state index is -0.336. The topological polar surface area (TPSA) is 42.0 Å². The summed E-state index contributed by atoms with van der Waals surface area (Å²) in [5, 5.41) is 4.21. The number of aromatic nitrogens is 1. The molecular weight excluding hydrogens is 400 g/mol. The Labute approximate surface area is 168 Å². The van der Waals surface area contributed by atoms with Crippen LogP contribution in [0.15, 0.2) is 65.3 Å². The molecule has 0 bridgehead atoms. The molecule has 1 fully saturated rings. The lowest BCUT2D eigenvalue weighted by molar-refractivity contribution is -0.127. The van der Waals surface area contributed by atoms with Gasteiger partial charge in [0, 0.05) is 9.86 Å². The van der Waals surface area contributed by atoms with Gasteiger partial charge in [-0.3, -0.25) is 9.78 Å². The average Bonchev–Trinajstić information content (AvgIpc) is 2.70. The second-order valence-corrected chi connectivity index (χ2v) is 8.43. The molecule has 1 aliphatic carbocycles. The van der Waals surface area contributed by atoms with Crippen molar-refractivity contribution >= 4 is 38.4 Å². The van der Waals surface area contributed by atoms with E-state index in [4.69, 9.17) is 0 Å². The molecule has 4 rings (SSSR count). The van der Waals surface area contributed by atoms with Crippen LogP contribution in [0.25, 0.3) is 10.9 Å². The first-order chi connectivity index (χ1) is 13.1. The van der Waals surface area contributed by atoms with Crippen molar-refractivity contribution in [1.82, 2.24) is 4.98 Å². The van der Waals surface area contributed by atoms with Crippen molar-refractivity contribution in [1.29, 1.82) is 0 Å². The lowest BCUT2D eigenvalue weighted by Crippen LogP contribution is -2.40. The maximum atomic E-state index is 13.3. The third kappa shape index (κ3) is 4.06. The Kier molecular flexibility index (Phi) is 5.26. The van der Waals surface area contributed by atoms with Gasteiger partial charge < -0.3 is 5.32 Å². The predicted molar refractivity (Wildman–Crippen MR) is 114 cm³/mol. The summed E-state index contributed by atoms with van der Waals surface area (Å²) in [6, 6.07) is 18.3. The molecule has 1 aromatic heterocycles. The number of hydrogen-bond donors (Lipinski definition) is 1. The summed E-state index contributed by atoms with van der Waals surface area (Å²) in [5.74, 6) is 0.127. The number of para-hydroxylation sites is 1. The van der Waals surface area contributed by atoms with Gasteiger partial charge in [0.25, 0.3) is 0 Å². The Balaban J connectivity index is 1.58. The van der Waals surface area contributed by atoms with Crippen molar-refractivity contribution in [2.75, 3.05) is 5.32 Å². The molecule has 0 spiro atoms. The molecule has 1 saturated carbocycles. The van der Waals surface area contributed by atoms with Crippen LogP contribution in [0.5, 0.6) is 0 Å². The zero-order valence-corrected chi connectivity index (χ0v) is 16.8. The first kappa shape index (κ1) is 18.2. The fraction of sp³-hybridized carbons (Fsp3) is 0.304. The van der Waals surface area contributed by atoms with Crippen molar-refractivity contribution in [2.24, 2.45) is 5.41 Å². The maximum absolute atomic E-state index is 13.3. The SMILES string of the molecule is O=C(Nc1cnc2ccccc2c1)C1(Cc2ccc(Br)cc2)CCCCC1. The van der Waals surface area contributed by atoms with Crippen molar-refractivity contribution < 1.29 is 4.79 Å². The number of carbonyl (C=O) groups excluding carboxylic acids is 1. The van der Waals surface area contributed by atoms with Crippen LogP contribution in [0.3, 0.4) is 0 Å². The van der Waals surface area contributed by atoms with Crippen LogP contribution >= 0.6 is 15.9 Å². The molecule has 1 N–H and O–H groups in total. The van der Waals surface area contributed by atoms with Crippen molar-refractivity contribution in [2.45, 2.75) is 38.5 Å². The number of amides is 1. The van der Waals surface area contributed by atoms with Crippen LogP contribution < -0.4 is 5.32 Å². The molecule has 2 aromatic carbocycles. The van der Waals surface area contributed by atoms with E-state index in [1.807, 2.05) is 30.3 Å². The van der Waals surface area contributed by atoms with E-state index in [-0.39, 0.29) is 11.3 Å². The number of halogens is 1. The molecule has 138 valence electrons. The number of nitrogens with zero attached hydrogens (tertiary/aromatic N) is 1. The molecule has 0 aliphatic heterocycles. The zero-order valence-electron chi connectivity index (χ0n) is 15.2. The summed E-state index contributed by atoms with van der Waals surface area (Å²) in [6.45, 7) is 0. The van der Waals surface area contributed by atoms with E-state index in [1.165, 1.54) is 12.0 Å². The summed E-state index contributed by atoms with van der Waals surface area (Å²) in [6.07, 6.45) is 7.86. The van der Waals surface area contributed by atoms with Crippen LogP contribution in [-0.2, 0) is 11.2 Å². The van der Waals surface area contributed by atoms with Crippen LogP contribution in [0, 0.1) is 5.41 Å². The molecule has 27 heavy (non-hydrogen) atoms. The molecule has 1 aliphatic rings. The highest BCUT2D eigenvalue weighted by Crippen LogP contribution is 2.40. The van der Waals surface area contributed by atoms with Crippen LogP contribution in [0.4, 0.5) is 5.69 Å². The van der Waals surface area contributed by atoms with Gasteiger partial charge in [0.05, 0.1) is 22.8 Å². The highest BCUT2D eigenvalue weighted by Gasteiger charge is 2.39. The number of rotatable bonds is 4. The second-order valence-electron chi connectivity index (χ2n) is 7.52. The van der Waals surface area contributed by atoms with Gasteiger partial charge in [-0.2, -0.15) is 0 Å². The highest BCUT2D eigenvalue weighted by atomic mass is 79.9. The first-order valence-electron chi connectivity index (χ1n) is 9.55. The lowest BCUT2D eigenvalue weighted by Gasteiger charge is -2.36. The maximum Gasteiger partial charge on any atom is 0.230 e. The van der Waals surface area contributed by atoms with Crippen molar-refractivity contribution in [3.05, 3.63) is 70.8 Å². The summed E-state index contributed by atoms with van der Waals surface area (Å²) in [5.41, 5.74) is 2.60. The zero-order chi connectivity index (χ0) is 18.7. The van der Waals surface area contributed by atoms with Crippen LogP contribution in [0.2, 0.25) is 0 Å². The number of benzene rings is 2. The van der Waals surface area contributed by atoms with Gasteiger partial charge in [-0.25, -0.2) is 0 Å². The van der Waals surface area contributed by atoms with Gasteiger partial charge in [-0.05, 0) is 49.1 Å². The standard InChI is InChI=1S/C23H23BrN2O/c24-19-10-8-17(9-11-19)15-23(12-4-1-5-13-23)22(27)26-20-14-18-6-2-3-7-21(18)25-16-20/h2-3,6-11,14,16H,1,4-5,12-13,15H2,(H,26,27). The molecule has 3 aromatic rings. The first-order valence-corrected chi connectivity index (χ1v) is 10.3. The summed E-state index contributed by atoms with van der Waals surface area (Å²) in [7, 11) is 0. The fourth-order valence-corrected chi connectivity index (χ4v) is 4.37. The molecule has 1 heterocycles. The van der Waals surface area contributed by atoms with E-state index >= 15 is 0 Å². The molecule has 1 amide bonds. The third-order valence-corrected chi connectivity index (χ3v) is 6.13. The predicted octanol–water partition coefficient (Wildman–Crippen LogP) is 6.13. The van der Waals surface area contributed by atoms with Crippen molar-refractivity contribution in [3.63, 3.8) is 0 Å². The van der Waals surface area contributed by atoms with Crippen molar-refractivity contribution in [3.8, 4) is 0 Å². The summed E-state index contributed by atoms with van der Waals surface area (Å²) < 4.78 is 1.07. The molecule has 0 unspecified atom stereocenters. The fourth-order valence-electron chi connectivity index (χ4n) is 4.11. The molecule has 0 saturated heterocycles. The normalized spacial score (nSPS) is 16.2. The number of nitrogens with one attached hydrogen (secondary N) is 1.